The molecule has 0 aromatic carbocycles. The van der Waals surface area contributed by atoms with Crippen LogP contribution in [0.4, 0.5) is 0 Å². The molecule has 1 saturated carbocycles. The zero-order valence-electron chi connectivity index (χ0n) is 7.61. The number of nitrogens with one attached hydrogen (secondary N) is 1. The maximum Gasteiger partial charge on any atom is 0.217 e. The normalized spacial score (nSPS) is 22.5. The number of hydrogen-bond donors (Lipinski definition) is 1. The SMILES string of the molecule is CC[C@@H](C)C1(NC(C)=O)CC1. The third-order valence-corrected chi connectivity index (χ3v) is 2.77. The molecule has 0 aliphatic heterocycles. The van der Waals surface area contributed by atoms with E-state index in [-0.39, 0.29) is 11.4 Å². The fourth-order valence-electron chi connectivity index (χ4n) is 1.62. The Balaban J connectivity index is 2.46. The molecular formula is C9H17NO. The standard InChI is InChI=1S/C9H17NO/c1-4-7(2)9(5-6-9)10-8(3)11/h7H,4-6H2,1-3H3,(H,10,11)/t7-/m1/s1. The molecule has 1 rings (SSSR count). The second kappa shape index (κ2) is 2.84. The third-order valence-electron chi connectivity index (χ3n) is 2.77. The summed E-state index contributed by atoms with van der Waals surface area (Å²) in [6.07, 6.45) is 3.49. The highest BCUT2D eigenvalue weighted by Crippen LogP contribution is 2.43. The van der Waals surface area contributed by atoms with Crippen molar-refractivity contribution in [1.82, 2.24) is 5.32 Å². The van der Waals surface area contributed by atoms with Crippen LogP contribution < -0.4 is 5.32 Å². The zero-order chi connectivity index (χ0) is 8.48. The van der Waals surface area contributed by atoms with E-state index >= 15 is 0 Å². The molecule has 0 aromatic heterocycles. The van der Waals surface area contributed by atoms with Gasteiger partial charge in [-0.25, -0.2) is 0 Å². The summed E-state index contributed by atoms with van der Waals surface area (Å²) in [5.74, 6) is 0.745. The van der Waals surface area contributed by atoms with Crippen molar-refractivity contribution in [3.63, 3.8) is 0 Å². The Kier molecular flexibility index (Phi) is 2.21. The molecule has 0 spiro atoms. The quantitative estimate of drug-likeness (QED) is 0.660. The molecule has 2 heteroatoms. The van der Waals surface area contributed by atoms with Gasteiger partial charge in [-0.15, -0.1) is 0 Å². The fourth-order valence-corrected chi connectivity index (χ4v) is 1.62. The van der Waals surface area contributed by atoms with Gasteiger partial charge in [0, 0.05) is 12.5 Å². The van der Waals surface area contributed by atoms with E-state index < -0.39 is 0 Å². The summed E-state index contributed by atoms with van der Waals surface area (Å²) < 4.78 is 0. The Morgan fingerprint density at radius 1 is 1.64 bits per heavy atom. The summed E-state index contributed by atoms with van der Waals surface area (Å²) >= 11 is 0. The minimum absolute atomic E-state index is 0.114. The largest absolute Gasteiger partial charge is 0.351 e. The molecule has 0 unspecified atom stereocenters. The van der Waals surface area contributed by atoms with E-state index in [0.29, 0.717) is 5.92 Å². The summed E-state index contributed by atoms with van der Waals surface area (Å²) in [6.45, 7) is 5.98. The average Bonchev–Trinajstić information content (AvgIpc) is 2.67. The van der Waals surface area contributed by atoms with Crippen LogP contribution in [0, 0.1) is 5.92 Å². The number of carbonyl (C=O) groups is 1. The van der Waals surface area contributed by atoms with Crippen molar-refractivity contribution in [1.29, 1.82) is 0 Å². The molecule has 11 heavy (non-hydrogen) atoms. The molecule has 0 aromatic rings. The highest BCUT2D eigenvalue weighted by molar-refractivity contribution is 5.74. The second-order valence-electron chi connectivity index (χ2n) is 3.65. The summed E-state index contributed by atoms with van der Waals surface area (Å²) in [5, 5.41) is 3.04. The number of rotatable bonds is 3. The molecule has 2 nitrogen and oxygen atoms in total. The van der Waals surface area contributed by atoms with Gasteiger partial charge in [0.1, 0.15) is 0 Å². The van der Waals surface area contributed by atoms with Crippen molar-refractivity contribution >= 4 is 5.91 Å². The lowest BCUT2D eigenvalue weighted by Crippen LogP contribution is -2.40. The summed E-state index contributed by atoms with van der Waals surface area (Å²) in [5.41, 5.74) is 0.181. The van der Waals surface area contributed by atoms with Crippen LogP contribution in [0.1, 0.15) is 40.0 Å². The number of carbonyl (C=O) groups excluding carboxylic acids is 1. The summed E-state index contributed by atoms with van der Waals surface area (Å²) in [6, 6.07) is 0. The Hall–Kier alpha value is -0.530. The lowest BCUT2D eigenvalue weighted by atomic mass is 9.97. The van der Waals surface area contributed by atoms with Crippen LogP contribution in [-0.2, 0) is 4.79 Å². The smallest absolute Gasteiger partial charge is 0.217 e. The maximum absolute atomic E-state index is 10.8. The average molecular weight is 155 g/mol. The topological polar surface area (TPSA) is 29.1 Å². The van der Waals surface area contributed by atoms with E-state index in [1.807, 2.05) is 0 Å². The highest BCUT2D eigenvalue weighted by atomic mass is 16.1. The monoisotopic (exact) mass is 155 g/mol. The lowest BCUT2D eigenvalue weighted by Gasteiger charge is -2.22. The lowest BCUT2D eigenvalue weighted by molar-refractivity contribution is -0.120. The predicted octanol–water partition coefficient (Wildman–Crippen LogP) is 1.70. The number of hydrogen-bond acceptors (Lipinski definition) is 1. The molecule has 1 atom stereocenters. The van der Waals surface area contributed by atoms with Gasteiger partial charge in [-0.1, -0.05) is 20.3 Å². The van der Waals surface area contributed by atoms with Gasteiger partial charge in [-0.3, -0.25) is 4.79 Å². The molecular weight excluding hydrogens is 138 g/mol. The van der Waals surface area contributed by atoms with Crippen molar-refractivity contribution in [2.24, 2.45) is 5.92 Å². The van der Waals surface area contributed by atoms with Crippen LogP contribution in [0.15, 0.2) is 0 Å². The third kappa shape index (κ3) is 1.73. The Bertz CT molecular complexity index is 161. The second-order valence-corrected chi connectivity index (χ2v) is 3.65. The Morgan fingerprint density at radius 2 is 2.18 bits per heavy atom. The van der Waals surface area contributed by atoms with Gasteiger partial charge in [-0.05, 0) is 18.8 Å². The van der Waals surface area contributed by atoms with Crippen LogP contribution >= 0.6 is 0 Å². The van der Waals surface area contributed by atoms with Crippen molar-refractivity contribution in [3.8, 4) is 0 Å². The van der Waals surface area contributed by atoms with Gasteiger partial charge in [0.2, 0.25) is 5.91 Å². The van der Waals surface area contributed by atoms with E-state index in [9.17, 15) is 4.79 Å². The van der Waals surface area contributed by atoms with E-state index in [0.717, 1.165) is 6.42 Å². The molecule has 64 valence electrons. The first kappa shape index (κ1) is 8.57. The molecule has 1 amide bonds. The molecule has 0 saturated heterocycles. The van der Waals surface area contributed by atoms with E-state index in [1.54, 1.807) is 6.92 Å². The van der Waals surface area contributed by atoms with Crippen LogP contribution in [0.2, 0.25) is 0 Å². The minimum Gasteiger partial charge on any atom is -0.351 e. The van der Waals surface area contributed by atoms with Crippen LogP contribution in [-0.4, -0.2) is 11.4 Å². The van der Waals surface area contributed by atoms with Crippen molar-refractivity contribution in [2.75, 3.05) is 0 Å². The molecule has 0 bridgehead atoms. The maximum atomic E-state index is 10.8. The van der Waals surface area contributed by atoms with Gasteiger partial charge >= 0.3 is 0 Å². The summed E-state index contributed by atoms with van der Waals surface area (Å²) in [4.78, 5) is 10.8. The summed E-state index contributed by atoms with van der Waals surface area (Å²) in [7, 11) is 0. The van der Waals surface area contributed by atoms with Crippen LogP contribution in [0.3, 0.4) is 0 Å². The van der Waals surface area contributed by atoms with E-state index in [4.69, 9.17) is 0 Å². The van der Waals surface area contributed by atoms with Gasteiger partial charge in [0.25, 0.3) is 0 Å². The van der Waals surface area contributed by atoms with Crippen molar-refractivity contribution in [3.05, 3.63) is 0 Å². The van der Waals surface area contributed by atoms with Crippen LogP contribution in [0.5, 0.6) is 0 Å². The van der Waals surface area contributed by atoms with E-state index in [2.05, 4.69) is 19.2 Å². The number of amides is 1. The van der Waals surface area contributed by atoms with Gasteiger partial charge in [-0.2, -0.15) is 0 Å². The molecule has 1 fully saturated rings. The first-order valence-corrected chi connectivity index (χ1v) is 4.39. The minimum atomic E-state index is 0.114. The van der Waals surface area contributed by atoms with Gasteiger partial charge < -0.3 is 5.32 Å². The van der Waals surface area contributed by atoms with Gasteiger partial charge in [0.15, 0.2) is 0 Å². The zero-order valence-corrected chi connectivity index (χ0v) is 7.61. The van der Waals surface area contributed by atoms with Gasteiger partial charge in [0.05, 0.1) is 0 Å². The predicted molar refractivity (Wildman–Crippen MR) is 45.2 cm³/mol. The molecule has 1 aliphatic rings. The highest BCUT2D eigenvalue weighted by Gasteiger charge is 2.46. The first-order chi connectivity index (χ1) is 5.10. The van der Waals surface area contributed by atoms with E-state index in [1.165, 1.54) is 12.8 Å². The molecule has 0 radical (unpaired) electrons. The van der Waals surface area contributed by atoms with Crippen molar-refractivity contribution < 1.29 is 4.79 Å². The van der Waals surface area contributed by atoms with Crippen LogP contribution in [0.25, 0.3) is 0 Å². The molecule has 1 aliphatic carbocycles. The molecule has 1 N–H and O–H groups in total. The Labute approximate surface area is 68.4 Å². The fraction of sp³-hybridized carbons (Fsp3) is 0.889. The molecule has 0 heterocycles. The first-order valence-electron chi connectivity index (χ1n) is 4.39. The van der Waals surface area contributed by atoms with Crippen molar-refractivity contribution in [2.45, 2.75) is 45.6 Å². The Morgan fingerprint density at radius 3 is 2.45 bits per heavy atom.